The maximum absolute atomic E-state index is 10.7. The first-order valence-corrected chi connectivity index (χ1v) is 6.56. The number of rotatable bonds is 5. The van der Waals surface area contributed by atoms with Crippen molar-refractivity contribution >= 4 is 15.7 Å². The topological polar surface area (TPSA) is 72.2 Å². The van der Waals surface area contributed by atoms with Crippen molar-refractivity contribution in [2.24, 2.45) is 5.14 Å². The molecule has 0 aliphatic rings. The Morgan fingerprint density at radius 3 is 2.33 bits per heavy atom. The molecule has 0 aliphatic heterocycles. The van der Waals surface area contributed by atoms with Gasteiger partial charge < -0.3 is 5.32 Å². The zero-order chi connectivity index (χ0) is 11.3. The second-order valence-electron chi connectivity index (χ2n) is 3.34. The van der Waals surface area contributed by atoms with Crippen LogP contribution in [0.4, 0.5) is 5.69 Å². The summed E-state index contributed by atoms with van der Waals surface area (Å²) < 4.78 is 21.3. The Balaban J connectivity index is 2.45. The van der Waals surface area contributed by atoms with Crippen LogP contribution in [0.1, 0.15) is 12.5 Å². The largest absolute Gasteiger partial charge is 0.384 e. The number of primary sulfonamides is 1. The lowest BCUT2D eigenvalue weighted by Crippen LogP contribution is -2.22. The lowest BCUT2D eigenvalue weighted by molar-refractivity contribution is 0.598. The summed E-state index contributed by atoms with van der Waals surface area (Å²) in [7, 11) is -3.37. The average molecular weight is 228 g/mol. The van der Waals surface area contributed by atoms with Gasteiger partial charge in [-0.3, -0.25) is 0 Å². The van der Waals surface area contributed by atoms with Crippen molar-refractivity contribution in [2.75, 3.05) is 17.6 Å². The Hall–Kier alpha value is -1.07. The van der Waals surface area contributed by atoms with E-state index in [2.05, 4.69) is 12.2 Å². The fourth-order valence-electron chi connectivity index (χ4n) is 1.20. The number of aryl methyl sites for hydroxylation is 1. The molecule has 0 spiro atoms. The zero-order valence-electron chi connectivity index (χ0n) is 8.73. The monoisotopic (exact) mass is 228 g/mol. The molecule has 0 fully saturated rings. The number of sulfonamides is 1. The fourth-order valence-corrected chi connectivity index (χ4v) is 1.58. The number of anilines is 1. The minimum Gasteiger partial charge on any atom is -0.384 e. The van der Waals surface area contributed by atoms with E-state index in [1.807, 2.05) is 24.3 Å². The molecule has 84 valence electrons. The molecule has 0 heterocycles. The van der Waals surface area contributed by atoms with E-state index in [0.29, 0.717) is 6.54 Å². The molecular formula is C10H16N2O2S. The number of benzene rings is 1. The Labute approximate surface area is 90.5 Å². The van der Waals surface area contributed by atoms with Crippen LogP contribution < -0.4 is 10.5 Å². The SMILES string of the molecule is CCc1ccc(NCCS(N)(=O)=O)cc1. The standard InChI is InChI=1S/C10H16N2O2S/c1-2-9-3-5-10(6-4-9)12-7-8-15(11,13)14/h3-6,12H,2,7-8H2,1H3,(H2,11,13,14). The molecule has 0 saturated heterocycles. The Morgan fingerprint density at radius 2 is 1.87 bits per heavy atom. The lowest BCUT2D eigenvalue weighted by Gasteiger charge is -2.05. The second-order valence-corrected chi connectivity index (χ2v) is 5.08. The minimum atomic E-state index is -3.37. The van der Waals surface area contributed by atoms with Crippen LogP contribution in [-0.2, 0) is 16.4 Å². The van der Waals surface area contributed by atoms with E-state index in [4.69, 9.17) is 5.14 Å². The predicted octanol–water partition coefficient (Wildman–Crippen LogP) is 0.949. The molecule has 0 aromatic heterocycles. The van der Waals surface area contributed by atoms with Crippen LogP contribution in [0.15, 0.2) is 24.3 Å². The molecule has 0 unspecified atom stereocenters. The van der Waals surface area contributed by atoms with Gasteiger partial charge in [0.1, 0.15) is 0 Å². The Bertz CT molecular complexity index is 398. The summed E-state index contributed by atoms with van der Waals surface area (Å²) in [5.74, 6) is -0.0530. The first kappa shape index (κ1) is 12.0. The summed E-state index contributed by atoms with van der Waals surface area (Å²) in [6, 6.07) is 7.89. The van der Waals surface area contributed by atoms with Gasteiger partial charge in [-0.15, -0.1) is 0 Å². The van der Waals surface area contributed by atoms with E-state index in [1.54, 1.807) is 0 Å². The third-order valence-corrected chi connectivity index (χ3v) is 2.85. The van der Waals surface area contributed by atoms with Gasteiger partial charge in [0.25, 0.3) is 0 Å². The van der Waals surface area contributed by atoms with Gasteiger partial charge in [-0.05, 0) is 24.1 Å². The van der Waals surface area contributed by atoms with E-state index in [9.17, 15) is 8.42 Å². The molecule has 15 heavy (non-hydrogen) atoms. The van der Waals surface area contributed by atoms with Crippen LogP contribution >= 0.6 is 0 Å². The van der Waals surface area contributed by atoms with E-state index >= 15 is 0 Å². The highest BCUT2D eigenvalue weighted by Gasteiger charge is 2.01. The molecule has 0 saturated carbocycles. The summed E-state index contributed by atoms with van der Waals surface area (Å²) >= 11 is 0. The smallest absolute Gasteiger partial charge is 0.210 e. The van der Waals surface area contributed by atoms with Crippen LogP contribution in [0.5, 0.6) is 0 Å². The van der Waals surface area contributed by atoms with Crippen LogP contribution in [0.25, 0.3) is 0 Å². The summed E-state index contributed by atoms with van der Waals surface area (Å²) in [4.78, 5) is 0. The van der Waals surface area contributed by atoms with Gasteiger partial charge in [-0.2, -0.15) is 0 Å². The normalized spacial score (nSPS) is 11.3. The molecule has 3 N–H and O–H groups in total. The van der Waals surface area contributed by atoms with Gasteiger partial charge >= 0.3 is 0 Å². The van der Waals surface area contributed by atoms with Gasteiger partial charge in [0.2, 0.25) is 10.0 Å². The molecular weight excluding hydrogens is 212 g/mol. The first-order chi connectivity index (χ1) is 7.01. The van der Waals surface area contributed by atoms with Crippen molar-refractivity contribution in [3.63, 3.8) is 0 Å². The van der Waals surface area contributed by atoms with E-state index < -0.39 is 10.0 Å². The number of nitrogens with two attached hydrogens (primary N) is 1. The molecule has 5 heteroatoms. The highest BCUT2D eigenvalue weighted by Crippen LogP contribution is 2.09. The maximum atomic E-state index is 10.7. The minimum absolute atomic E-state index is 0.0530. The van der Waals surface area contributed by atoms with E-state index in [0.717, 1.165) is 12.1 Å². The van der Waals surface area contributed by atoms with E-state index in [-0.39, 0.29) is 5.75 Å². The number of nitrogens with one attached hydrogen (secondary N) is 1. The quantitative estimate of drug-likeness (QED) is 0.788. The molecule has 0 bridgehead atoms. The van der Waals surface area contributed by atoms with Crippen molar-refractivity contribution in [2.45, 2.75) is 13.3 Å². The summed E-state index contributed by atoms with van der Waals surface area (Å²) in [6.07, 6.45) is 0.997. The summed E-state index contributed by atoms with van der Waals surface area (Å²) in [5.41, 5.74) is 2.17. The maximum Gasteiger partial charge on any atom is 0.210 e. The lowest BCUT2D eigenvalue weighted by atomic mass is 10.1. The van der Waals surface area contributed by atoms with Gasteiger partial charge in [0.05, 0.1) is 5.75 Å². The van der Waals surface area contributed by atoms with Crippen molar-refractivity contribution in [1.29, 1.82) is 0 Å². The van der Waals surface area contributed by atoms with Gasteiger partial charge in [-0.1, -0.05) is 19.1 Å². The molecule has 0 amide bonds. The Kier molecular flexibility index (Phi) is 4.11. The fraction of sp³-hybridized carbons (Fsp3) is 0.400. The summed E-state index contributed by atoms with van der Waals surface area (Å²) in [5, 5.41) is 7.87. The third-order valence-electron chi connectivity index (χ3n) is 2.08. The van der Waals surface area contributed by atoms with Gasteiger partial charge in [0, 0.05) is 12.2 Å². The molecule has 4 nitrogen and oxygen atoms in total. The summed E-state index contributed by atoms with van der Waals surface area (Å²) in [6.45, 7) is 2.42. The Morgan fingerprint density at radius 1 is 1.27 bits per heavy atom. The number of hydrogen-bond acceptors (Lipinski definition) is 3. The highest BCUT2D eigenvalue weighted by molar-refractivity contribution is 7.89. The van der Waals surface area contributed by atoms with Crippen molar-refractivity contribution in [3.8, 4) is 0 Å². The predicted molar refractivity (Wildman–Crippen MR) is 62.3 cm³/mol. The van der Waals surface area contributed by atoms with Crippen molar-refractivity contribution in [3.05, 3.63) is 29.8 Å². The van der Waals surface area contributed by atoms with Gasteiger partial charge in [-0.25, -0.2) is 13.6 Å². The molecule has 1 aromatic carbocycles. The third kappa shape index (κ3) is 4.80. The molecule has 1 rings (SSSR count). The highest BCUT2D eigenvalue weighted by atomic mass is 32.2. The van der Waals surface area contributed by atoms with Gasteiger partial charge in [0.15, 0.2) is 0 Å². The van der Waals surface area contributed by atoms with Crippen LogP contribution in [0.3, 0.4) is 0 Å². The first-order valence-electron chi connectivity index (χ1n) is 4.84. The van der Waals surface area contributed by atoms with Crippen LogP contribution in [-0.4, -0.2) is 20.7 Å². The van der Waals surface area contributed by atoms with E-state index in [1.165, 1.54) is 5.56 Å². The van der Waals surface area contributed by atoms with Crippen molar-refractivity contribution < 1.29 is 8.42 Å². The average Bonchev–Trinajstić information content (AvgIpc) is 2.17. The molecule has 0 atom stereocenters. The molecule has 1 aromatic rings. The van der Waals surface area contributed by atoms with Crippen LogP contribution in [0.2, 0.25) is 0 Å². The zero-order valence-corrected chi connectivity index (χ0v) is 9.55. The second kappa shape index (κ2) is 5.14. The molecule has 0 radical (unpaired) electrons. The molecule has 0 aliphatic carbocycles. The van der Waals surface area contributed by atoms with Crippen molar-refractivity contribution in [1.82, 2.24) is 0 Å². The van der Waals surface area contributed by atoms with Crippen LogP contribution in [0, 0.1) is 0 Å². The number of hydrogen-bond donors (Lipinski definition) is 2.